The molecule has 78 valence electrons. The number of nitrogens with two attached hydrogens (primary N) is 1. The molecule has 0 saturated heterocycles. The number of hydrogen-bond acceptors (Lipinski definition) is 6. The van der Waals surface area contributed by atoms with Gasteiger partial charge in [0.2, 0.25) is 0 Å². The fourth-order valence-electron chi connectivity index (χ4n) is 0.991. The zero-order chi connectivity index (χ0) is 10.8. The molecular formula is C8H7N3O2S2. The molecule has 2 heterocycles. The minimum atomic E-state index is -1.08. The average Bonchev–Trinajstić information content (AvgIpc) is 2.86. The number of carboxylic acid groups (broad SMARTS) is 1. The van der Waals surface area contributed by atoms with Crippen LogP contribution < -0.4 is 5.73 Å². The molecule has 0 saturated carbocycles. The molecular weight excluding hydrogens is 234 g/mol. The SMILES string of the molecule is NC(C(=O)O)c1csc(-c2cscn2)n1. The van der Waals surface area contributed by atoms with Crippen LogP contribution in [-0.2, 0) is 4.79 Å². The fourth-order valence-corrected chi connectivity index (χ4v) is 2.42. The molecule has 0 aliphatic carbocycles. The molecule has 7 heteroatoms. The van der Waals surface area contributed by atoms with Crippen LogP contribution >= 0.6 is 22.7 Å². The molecule has 1 unspecified atom stereocenters. The van der Waals surface area contributed by atoms with Crippen molar-refractivity contribution in [2.24, 2.45) is 5.73 Å². The van der Waals surface area contributed by atoms with Crippen LogP contribution in [0.4, 0.5) is 0 Å². The van der Waals surface area contributed by atoms with Crippen LogP contribution in [0.25, 0.3) is 10.7 Å². The van der Waals surface area contributed by atoms with E-state index in [2.05, 4.69) is 9.97 Å². The molecule has 0 spiro atoms. The normalized spacial score (nSPS) is 12.6. The van der Waals surface area contributed by atoms with Gasteiger partial charge in [-0.05, 0) is 0 Å². The zero-order valence-electron chi connectivity index (χ0n) is 7.45. The van der Waals surface area contributed by atoms with Crippen molar-refractivity contribution in [3.63, 3.8) is 0 Å². The number of rotatable bonds is 3. The van der Waals surface area contributed by atoms with Crippen molar-refractivity contribution < 1.29 is 9.90 Å². The van der Waals surface area contributed by atoms with Gasteiger partial charge < -0.3 is 10.8 Å². The van der Waals surface area contributed by atoms with Crippen molar-refractivity contribution in [1.82, 2.24) is 9.97 Å². The highest BCUT2D eigenvalue weighted by Gasteiger charge is 2.18. The Morgan fingerprint density at radius 2 is 2.33 bits per heavy atom. The third-order valence-corrected chi connectivity index (χ3v) is 3.23. The Kier molecular flexibility index (Phi) is 2.76. The van der Waals surface area contributed by atoms with Crippen LogP contribution in [0, 0.1) is 0 Å². The standard InChI is InChI=1S/C8H7N3O2S2/c9-6(8(12)13)4-2-15-7(11-4)5-1-14-3-10-5/h1-3,6H,9H2,(H,12,13). The molecule has 0 amide bonds. The first kappa shape index (κ1) is 10.2. The minimum Gasteiger partial charge on any atom is -0.480 e. The van der Waals surface area contributed by atoms with Crippen molar-refractivity contribution in [3.05, 3.63) is 22.0 Å². The van der Waals surface area contributed by atoms with Gasteiger partial charge in [0.1, 0.15) is 16.7 Å². The van der Waals surface area contributed by atoms with Crippen LogP contribution in [0.2, 0.25) is 0 Å². The molecule has 0 aliphatic heterocycles. The maximum absolute atomic E-state index is 10.6. The van der Waals surface area contributed by atoms with Crippen LogP contribution in [0.3, 0.4) is 0 Å². The van der Waals surface area contributed by atoms with E-state index >= 15 is 0 Å². The Hall–Kier alpha value is -1.31. The van der Waals surface area contributed by atoms with Gasteiger partial charge >= 0.3 is 5.97 Å². The van der Waals surface area contributed by atoms with Gasteiger partial charge in [0.15, 0.2) is 0 Å². The smallest absolute Gasteiger partial charge is 0.326 e. The maximum atomic E-state index is 10.6. The molecule has 0 aliphatic rings. The lowest BCUT2D eigenvalue weighted by Gasteiger charge is -1.99. The second-order valence-corrected chi connectivity index (χ2v) is 4.34. The van der Waals surface area contributed by atoms with E-state index in [0.29, 0.717) is 10.7 Å². The van der Waals surface area contributed by atoms with Gasteiger partial charge in [-0.15, -0.1) is 22.7 Å². The first-order valence-corrected chi connectivity index (χ1v) is 5.83. The molecule has 2 rings (SSSR count). The van der Waals surface area contributed by atoms with E-state index in [1.165, 1.54) is 22.7 Å². The van der Waals surface area contributed by atoms with Crippen LogP contribution in [0.5, 0.6) is 0 Å². The van der Waals surface area contributed by atoms with Crippen molar-refractivity contribution in [2.75, 3.05) is 0 Å². The lowest BCUT2D eigenvalue weighted by Crippen LogP contribution is -2.20. The number of thiazole rings is 2. The second kappa shape index (κ2) is 4.05. The summed E-state index contributed by atoms with van der Waals surface area (Å²) in [7, 11) is 0. The van der Waals surface area contributed by atoms with E-state index in [9.17, 15) is 4.79 Å². The number of hydrogen-bond donors (Lipinski definition) is 2. The molecule has 15 heavy (non-hydrogen) atoms. The highest BCUT2D eigenvalue weighted by molar-refractivity contribution is 7.13. The van der Waals surface area contributed by atoms with E-state index in [0.717, 1.165) is 5.69 Å². The van der Waals surface area contributed by atoms with Crippen molar-refractivity contribution >= 4 is 28.6 Å². The summed E-state index contributed by atoms with van der Waals surface area (Å²) in [5.41, 5.74) is 8.26. The molecule has 0 fully saturated rings. The Balaban J connectivity index is 2.28. The van der Waals surface area contributed by atoms with Crippen molar-refractivity contribution in [3.8, 4) is 10.7 Å². The first-order chi connectivity index (χ1) is 7.18. The summed E-state index contributed by atoms with van der Waals surface area (Å²) in [5.74, 6) is -1.08. The Labute approximate surface area is 93.2 Å². The van der Waals surface area contributed by atoms with E-state index in [4.69, 9.17) is 10.8 Å². The topological polar surface area (TPSA) is 89.1 Å². The summed E-state index contributed by atoms with van der Waals surface area (Å²) in [6.45, 7) is 0. The summed E-state index contributed by atoms with van der Waals surface area (Å²) in [5, 5.41) is 12.9. The van der Waals surface area contributed by atoms with Gasteiger partial charge in [-0.1, -0.05) is 0 Å². The van der Waals surface area contributed by atoms with E-state index in [1.807, 2.05) is 5.38 Å². The molecule has 1 atom stereocenters. The molecule has 5 nitrogen and oxygen atoms in total. The highest BCUT2D eigenvalue weighted by atomic mass is 32.1. The van der Waals surface area contributed by atoms with E-state index < -0.39 is 12.0 Å². The van der Waals surface area contributed by atoms with E-state index in [1.54, 1.807) is 10.9 Å². The molecule has 2 aromatic heterocycles. The predicted molar refractivity (Wildman–Crippen MR) is 57.8 cm³/mol. The summed E-state index contributed by atoms with van der Waals surface area (Å²) in [4.78, 5) is 18.8. The lowest BCUT2D eigenvalue weighted by atomic mass is 10.2. The van der Waals surface area contributed by atoms with Crippen LogP contribution in [-0.4, -0.2) is 21.0 Å². The van der Waals surface area contributed by atoms with E-state index in [-0.39, 0.29) is 0 Å². The minimum absolute atomic E-state index is 0.371. The highest BCUT2D eigenvalue weighted by Crippen LogP contribution is 2.25. The zero-order valence-corrected chi connectivity index (χ0v) is 9.09. The molecule has 0 bridgehead atoms. The largest absolute Gasteiger partial charge is 0.480 e. The van der Waals surface area contributed by atoms with Gasteiger partial charge in [-0.25, -0.2) is 9.97 Å². The average molecular weight is 241 g/mol. The summed E-state index contributed by atoms with van der Waals surface area (Å²) in [6.07, 6.45) is 0. The number of nitrogens with zero attached hydrogens (tertiary/aromatic N) is 2. The van der Waals surface area contributed by atoms with Gasteiger partial charge in [0, 0.05) is 10.8 Å². The van der Waals surface area contributed by atoms with Crippen molar-refractivity contribution in [2.45, 2.75) is 6.04 Å². The lowest BCUT2D eigenvalue weighted by molar-refractivity contribution is -0.138. The number of aliphatic carboxylic acids is 1. The first-order valence-electron chi connectivity index (χ1n) is 4.01. The summed E-state index contributed by atoms with van der Waals surface area (Å²) >= 11 is 2.81. The quantitative estimate of drug-likeness (QED) is 0.846. The summed E-state index contributed by atoms with van der Waals surface area (Å²) < 4.78 is 0. The monoisotopic (exact) mass is 241 g/mol. The van der Waals surface area contributed by atoms with Crippen LogP contribution in [0.15, 0.2) is 16.3 Å². The Morgan fingerprint density at radius 3 is 2.93 bits per heavy atom. The molecule has 0 aromatic carbocycles. The maximum Gasteiger partial charge on any atom is 0.326 e. The molecule has 3 N–H and O–H groups in total. The summed E-state index contributed by atoms with van der Waals surface area (Å²) in [6, 6.07) is -1.06. The third kappa shape index (κ3) is 2.04. The third-order valence-electron chi connectivity index (χ3n) is 1.76. The van der Waals surface area contributed by atoms with Crippen LogP contribution in [0.1, 0.15) is 11.7 Å². The predicted octanol–water partition coefficient (Wildman–Crippen LogP) is 1.35. The van der Waals surface area contributed by atoms with Gasteiger partial charge in [-0.2, -0.15) is 0 Å². The van der Waals surface area contributed by atoms with Gasteiger partial charge in [0.25, 0.3) is 0 Å². The molecule has 2 aromatic rings. The number of carboxylic acids is 1. The number of carbonyl (C=O) groups is 1. The van der Waals surface area contributed by atoms with Gasteiger partial charge in [0.05, 0.1) is 11.2 Å². The molecule has 0 radical (unpaired) electrons. The van der Waals surface area contributed by atoms with Gasteiger partial charge in [-0.3, -0.25) is 4.79 Å². The Morgan fingerprint density at radius 1 is 1.53 bits per heavy atom. The number of aromatic nitrogens is 2. The second-order valence-electron chi connectivity index (χ2n) is 2.77. The van der Waals surface area contributed by atoms with Crippen molar-refractivity contribution in [1.29, 1.82) is 0 Å². The fraction of sp³-hybridized carbons (Fsp3) is 0.125. The Bertz CT molecular complexity index is 466.